The summed E-state index contributed by atoms with van der Waals surface area (Å²) in [6.07, 6.45) is 0. The molecule has 2 nitrogen and oxygen atoms in total. The molecular formula is C12H10ClNO. The van der Waals surface area contributed by atoms with Gasteiger partial charge in [-0.2, -0.15) is 0 Å². The van der Waals surface area contributed by atoms with Crippen LogP contribution in [0.2, 0.25) is 5.02 Å². The van der Waals surface area contributed by atoms with E-state index in [1.165, 1.54) is 0 Å². The SMILES string of the molecule is Oc1ccccc1Nc1cccc(Cl)c1. The Morgan fingerprint density at radius 1 is 1.00 bits per heavy atom. The maximum absolute atomic E-state index is 9.55. The van der Waals surface area contributed by atoms with Crippen molar-refractivity contribution >= 4 is 23.0 Å². The molecule has 0 aliphatic rings. The zero-order valence-corrected chi connectivity index (χ0v) is 8.70. The number of hydrogen-bond acceptors (Lipinski definition) is 2. The number of nitrogens with one attached hydrogen (secondary N) is 1. The number of aromatic hydroxyl groups is 1. The van der Waals surface area contributed by atoms with Crippen molar-refractivity contribution < 1.29 is 5.11 Å². The van der Waals surface area contributed by atoms with Gasteiger partial charge in [0.1, 0.15) is 5.75 Å². The summed E-state index contributed by atoms with van der Waals surface area (Å²) in [5.74, 6) is 0.220. The van der Waals surface area contributed by atoms with Crippen LogP contribution in [0.5, 0.6) is 5.75 Å². The average Bonchev–Trinajstić information content (AvgIpc) is 2.22. The van der Waals surface area contributed by atoms with Gasteiger partial charge in [0.15, 0.2) is 0 Å². The van der Waals surface area contributed by atoms with Crippen molar-refractivity contribution in [1.82, 2.24) is 0 Å². The molecule has 2 N–H and O–H groups in total. The molecule has 0 fully saturated rings. The second-order valence-electron chi connectivity index (χ2n) is 3.15. The number of hydrogen-bond donors (Lipinski definition) is 2. The number of phenolic OH excluding ortho intramolecular Hbond substituents is 1. The minimum absolute atomic E-state index is 0.220. The number of benzene rings is 2. The highest BCUT2D eigenvalue weighted by Gasteiger charge is 1.99. The molecule has 0 aliphatic heterocycles. The first-order valence-corrected chi connectivity index (χ1v) is 4.94. The molecule has 0 bridgehead atoms. The van der Waals surface area contributed by atoms with Gasteiger partial charge in [0.2, 0.25) is 0 Å². The van der Waals surface area contributed by atoms with E-state index in [0.717, 1.165) is 5.69 Å². The smallest absolute Gasteiger partial charge is 0.139 e. The molecule has 0 saturated heterocycles. The normalized spacial score (nSPS) is 9.93. The lowest BCUT2D eigenvalue weighted by molar-refractivity contribution is 0.478. The van der Waals surface area contributed by atoms with E-state index in [4.69, 9.17) is 11.6 Å². The Kier molecular flexibility index (Phi) is 2.79. The van der Waals surface area contributed by atoms with Crippen LogP contribution in [-0.2, 0) is 0 Å². The van der Waals surface area contributed by atoms with E-state index in [9.17, 15) is 5.11 Å². The minimum atomic E-state index is 0.220. The van der Waals surface area contributed by atoms with Crippen LogP contribution in [0.25, 0.3) is 0 Å². The van der Waals surface area contributed by atoms with Crippen molar-refractivity contribution in [3.63, 3.8) is 0 Å². The number of halogens is 1. The molecule has 2 aromatic rings. The lowest BCUT2D eigenvalue weighted by Gasteiger charge is -2.07. The molecule has 0 spiro atoms. The van der Waals surface area contributed by atoms with Crippen LogP contribution >= 0.6 is 11.6 Å². The minimum Gasteiger partial charge on any atom is -0.506 e. The molecule has 76 valence electrons. The second kappa shape index (κ2) is 4.24. The molecule has 0 heterocycles. The van der Waals surface area contributed by atoms with Crippen molar-refractivity contribution in [1.29, 1.82) is 0 Å². The van der Waals surface area contributed by atoms with Crippen LogP contribution in [0.4, 0.5) is 11.4 Å². The number of rotatable bonds is 2. The highest BCUT2D eigenvalue weighted by Crippen LogP contribution is 2.26. The Morgan fingerprint density at radius 2 is 1.80 bits per heavy atom. The van der Waals surface area contributed by atoms with Gasteiger partial charge >= 0.3 is 0 Å². The monoisotopic (exact) mass is 219 g/mol. The fourth-order valence-electron chi connectivity index (χ4n) is 1.30. The van der Waals surface area contributed by atoms with Crippen LogP contribution < -0.4 is 5.32 Å². The Balaban J connectivity index is 2.26. The zero-order valence-electron chi connectivity index (χ0n) is 7.94. The van der Waals surface area contributed by atoms with E-state index >= 15 is 0 Å². The fourth-order valence-corrected chi connectivity index (χ4v) is 1.49. The molecule has 0 amide bonds. The molecule has 15 heavy (non-hydrogen) atoms. The van der Waals surface area contributed by atoms with E-state index in [-0.39, 0.29) is 5.75 Å². The molecule has 0 atom stereocenters. The van der Waals surface area contributed by atoms with E-state index in [1.54, 1.807) is 30.3 Å². The van der Waals surface area contributed by atoms with Gasteiger partial charge in [-0.1, -0.05) is 29.8 Å². The largest absolute Gasteiger partial charge is 0.506 e. The number of phenols is 1. The van der Waals surface area contributed by atoms with Gasteiger partial charge < -0.3 is 10.4 Å². The molecule has 0 aromatic heterocycles. The van der Waals surface area contributed by atoms with Crippen LogP contribution in [0.3, 0.4) is 0 Å². The molecule has 2 rings (SSSR count). The van der Waals surface area contributed by atoms with E-state index in [1.807, 2.05) is 18.2 Å². The molecule has 3 heteroatoms. The Morgan fingerprint density at radius 3 is 2.53 bits per heavy atom. The predicted octanol–water partition coefficient (Wildman–Crippen LogP) is 3.79. The van der Waals surface area contributed by atoms with E-state index in [0.29, 0.717) is 10.7 Å². The van der Waals surface area contributed by atoms with Crippen molar-refractivity contribution in [3.05, 3.63) is 53.6 Å². The van der Waals surface area contributed by atoms with Gasteiger partial charge in [-0.05, 0) is 30.3 Å². The van der Waals surface area contributed by atoms with Crippen molar-refractivity contribution in [3.8, 4) is 5.75 Å². The lowest BCUT2D eigenvalue weighted by Crippen LogP contribution is -1.89. The third kappa shape index (κ3) is 2.42. The van der Waals surface area contributed by atoms with Gasteiger partial charge in [-0.3, -0.25) is 0 Å². The number of para-hydroxylation sites is 2. The Hall–Kier alpha value is -1.67. The third-order valence-corrected chi connectivity index (χ3v) is 2.24. The molecular weight excluding hydrogens is 210 g/mol. The third-order valence-electron chi connectivity index (χ3n) is 2.01. The summed E-state index contributed by atoms with van der Waals surface area (Å²) in [6.45, 7) is 0. The zero-order chi connectivity index (χ0) is 10.7. The average molecular weight is 220 g/mol. The first kappa shape index (κ1) is 9.87. The standard InChI is InChI=1S/C12H10ClNO/c13-9-4-3-5-10(8-9)14-11-6-1-2-7-12(11)15/h1-8,14-15H. The molecule has 0 unspecified atom stereocenters. The van der Waals surface area contributed by atoms with Crippen molar-refractivity contribution in [2.75, 3.05) is 5.32 Å². The first-order valence-electron chi connectivity index (χ1n) is 4.56. The summed E-state index contributed by atoms with van der Waals surface area (Å²) in [5, 5.41) is 13.3. The predicted molar refractivity (Wildman–Crippen MR) is 62.8 cm³/mol. The van der Waals surface area contributed by atoms with Gasteiger partial charge in [0.25, 0.3) is 0 Å². The topological polar surface area (TPSA) is 32.3 Å². The van der Waals surface area contributed by atoms with Gasteiger partial charge in [0.05, 0.1) is 5.69 Å². The lowest BCUT2D eigenvalue weighted by atomic mass is 10.2. The summed E-state index contributed by atoms with van der Waals surface area (Å²) >= 11 is 5.85. The molecule has 0 radical (unpaired) electrons. The van der Waals surface area contributed by atoms with Crippen LogP contribution in [-0.4, -0.2) is 5.11 Å². The summed E-state index contributed by atoms with van der Waals surface area (Å²) in [6, 6.07) is 14.4. The van der Waals surface area contributed by atoms with Gasteiger partial charge in [-0.15, -0.1) is 0 Å². The fraction of sp³-hybridized carbons (Fsp3) is 0. The summed E-state index contributed by atoms with van der Waals surface area (Å²) < 4.78 is 0. The number of anilines is 2. The van der Waals surface area contributed by atoms with E-state index in [2.05, 4.69) is 5.32 Å². The van der Waals surface area contributed by atoms with E-state index < -0.39 is 0 Å². The first-order chi connectivity index (χ1) is 7.25. The quantitative estimate of drug-likeness (QED) is 0.754. The highest BCUT2D eigenvalue weighted by atomic mass is 35.5. The molecule has 2 aromatic carbocycles. The van der Waals surface area contributed by atoms with Crippen LogP contribution in [0.1, 0.15) is 0 Å². The molecule has 0 saturated carbocycles. The second-order valence-corrected chi connectivity index (χ2v) is 3.59. The maximum atomic E-state index is 9.55. The van der Waals surface area contributed by atoms with Crippen LogP contribution in [0.15, 0.2) is 48.5 Å². The van der Waals surface area contributed by atoms with Crippen molar-refractivity contribution in [2.24, 2.45) is 0 Å². The summed E-state index contributed by atoms with van der Waals surface area (Å²) in [4.78, 5) is 0. The van der Waals surface area contributed by atoms with Crippen molar-refractivity contribution in [2.45, 2.75) is 0 Å². The van der Waals surface area contributed by atoms with Gasteiger partial charge in [0, 0.05) is 10.7 Å². The Bertz CT molecular complexity index is 471. The Labute approximate surface area is 93.1 Å². The molecule has 0 aliphatic carbocycles. The highest BCUT2D eigenvalue weighted by molar-refractivity contribution is 6.30. The maximum Gasteiger partial charge on any atom is 0.139 e. The van der Waals surface area contributed by atoms with Gasteiger partial charge in [-0.25, -0.2) is 0 Å². The summed E-state index contributed by atoms with van der Waals surface area (Å²) in [7, 11) is 0. The van der Waals surface area contributed by atoms with Crippen LogP contribution in [0, 0.1) is 0 Å². The summed E-state index contributed by atoms with van der Waals surface area (Å²) in [5.41, 5.74) is 1.52.